The molecule has 0 spiro atoms. The van der Waals surface area contributed by atoms with Crippen LogP contribution in [0.1, 0.15) is 11.1 Å². The maximum atomic E-state index is 12.7. The first-order valence-corrected chi connectivity index (χ1v) is 8.78. The number of hydrogen-bond donors (Lipinski definition) is 2. The monoisotopic (exact) mass is 372 g/mol. The second kappa shape index (κ2) is 7.74. The Morgan fingerprint density at radius 2 is 2.08 bits per heavy atom. The van der Waals surface area contributed by atoms with Gasteiger partial charge in [0.25, 0.3) is 0 Å². The van der Waals surface area contributed by atoms with Crippen LogP contribution in [0.3, 0.4) is 0 Å². The second-order valence-electron chi connectivity index (χ2n) is 6.55. The lowest BCUT2D eigenvalue weighted by Crippen LogP contribution is -2.51. The SMILES string of the molecule is CN(C)C(=O)[C@H](Cc1ccccc1)NC(=O)C1Cc2cc(Cl)cnc2N1. The Morgan fingerprint density at radius 3 is 2.77 bits per heavy atom. The number of nitrogens with zero attached hydrogens (tertiary/aromatic N) is 2. The third kappa shape index (κ3) is 4.14. The number of fused-ring (bicyclic) bond motifs is 1. The van der Waals surface area contributed by atoms with Crippen molar-refractivity contribution in [1.29, 1.82) is 0 Å². The van der Waals surface area contributed by atoms with Crippen LogP contribution in [0.2, 0.25) is 5.02 Å². The first-order chi connectivity index (χ1) is 12.4. The molecule has 2 heterocycles. The smallest absolute Gasteiger partial charge is 0.244 e. The van der Waals surface area contributed by atoms with Crippen molar-refractivity contribution in [3.63, 3.8) is 0 Å². The molecule has 1 aliphatic heterocycles. The summed E-state index contributed by atoms with van der Waals surface area (Å²) in [7, 11) is 3.37. The summed E-state index contributed by atoms with van der Waals surface area (Å²) in [6.45, 7) is 0. The van der Waals surface area contributed by atoms with Gasteiger partial charge in [0, 0.05) is 33.1 Å². The lowest BCUT2D eigenvalue weighted by Gasteiger charge is -2.23. The van der Waals surface area contributed by atoms with Gasteiger partial charge in [0.15, 0.2) is 0 Å². The molecule has 3 rings (SSSR count). The molecule has 2 amide bonds. The Hall–Kier alpha value is -2.60. The fourth-order valence-electron chi connectivity index (χ4n) is 2.99. The number of halogens is 1. The predicted molar refractivity (Wildman–Crippen MR) is 101 cm³/mol. The van der Waals surface area contributed by atoms with Crippen LogP contribution in [0.5, 0.6) is 0 Å². The van der Waals surface area contributed by atoms with Gasteiger partial charge in [-0.15, -0.1) is 0 Å². The van der Waals surface area contributed by atoms with E-state index in [4.69, 9.17) is 11.6 Å². The van der Waals surface area contributed by atoms with E-state index in [1.54, 1.807) is 26.4 Å². The molecule has 2 aromatic rings. The Kier molecular flexibility index (Phi) is 5.42. The molecule has 0 fully saturated rings. The highest BCUT2D eigenvalue weighted by Gasteiger charge is 2.31. The van der Waals surface area contributed by atoms with Gasteiger partial charge in [0.1, 0.15) is 17.9 Å². The van der Waals surface area contributed by atoms with Crippen LogP contribution in [0.25, 0.3) is 0 Å². The van der Waals surface area contributed by atoms with Crippen LogP contribution in [-0.4, -0.2) is 47.9 Å². The quantitative estimate of drug-likeness (QED) is 0.840. The second-order valence-corrected chi connectivity index (χ2v) is 6.98. The Balaban J connectivity index is 1.70. The minimum absolute atomic E-state index is 0.140. The molecule has 136 valence electrons. The third-order valence-corrected chi connectivity index (χ3v) is 4.53. The van der Waals surface area contributed by atoms with Crippen molar-refractivity contribution in [2.45, 2.75) is 24.9 Å². The van der Waals surface area contributed by atoms with Gasteiger partial charge >= 0.3 is 0 Å². The van der Waals surface area contributed by atoms with E-state index < -0.39 is 12.1 Å². The molecule has 2 atom stereocenters. The molecule has 7 heteroatoms. The first-order valence-electron chi connectivity index (χ1n) is 8.40. The van der Waals surface area contributed by atoms with Crippen LogP contribution >= 0.6 is 11.6 Å². The van der Waals surface area contributed by atoms with E-state index >= 15 is 0 Å². The number of benzene rings is 1. The van der Waals surface area contributed by atoms with Gasteiger partial charge in [-0.1, -0.05) is 41.9 Å². The topological polar surface area (TPSA) is 74.3 Å². The van der Waals surface area contributed by atoms with Crippen LogP contribution in [0.15, 0.2) is 42.6 Å². The summed E-state index contributed by atoms with van der Waals surface area (Å²) in [5, 5.41) is 6.52. The molecule has 1 unspecified atom stereocenters. The Labute approximate surface area is 157 Å². The predicted octanol–water partition coefficient (Wildman–Crippen LogP) is 1.89. The van der Waals surface area contributed by atoms with E-state index in [0.29, 0.717) is 23.7 Å². The number of hydrogen-bond acceptors (Lipinski definition) is 4. The van der Waals surface area contributed by atoms with Gasteiger partial charge in [-0.2, -0.15) is 0 Å². The first kappa shape index (κ1) is 18.2. The van der Waals surface area contributed by atoms with Gasteiger partial charge in [-0.25, -0.2) is 4.98 Å². The summed E-state index contributed by atoms with van der Waals surface area (Å²) in [4.78, 5) is 30.9. The van der Waals surface area contributed by atoms with Crippen molar-refractivity contribution >= 4 is 29.2 Å². The number of aromatic nitrogens is 1. The van der Waals surface area contributed by atoms with E-state index in [-0.39, 0.29) is 11.8 Å². The zero-order valence-electron chi connectivity index (χ0n) is 14.7. The van der Waals surface area contributed by atoms with Crippen LogP contribution in [-0.2, 0) is 22.4 Å². The molecule has 1 aliphatic rings. The number of carbonyl (C=O) groups excluding carboxylic acids is 2. The van der Waals surface area contributed by atoms with Crippen molar-refractivity contribution in [2.75, 3.05) is 19.4 Å². The van der Waals surface area contributed by atoms with Gasteiger partial charge < -0.3 is 15.5 Å². The molecule has 2 N–H and O–H groups in total. The lowest BCUT2D eigenvalue weighted by molar-refractivity contribution is -0.134. The van der Waals surface area contributed by atoms with E-state index in [1.165, 1.54) is 4.90 Å². The average molecular weight is 373 g/mol. The van der Waals surface area contributed by atoms with Crippen molar-refractivity contribution in [2.24, 2.45) is 0 Å². The fourth-order valence-corrected chi connectivity index (χ4v) is 3.18. The number of pyridine rings is 1. The van der Waals surface area contributed by atoms with Gasteiger partial charge in [-0.05, 0) is 17.2 Å². The van der Waals surface area contributed by atoms with E-state index in [2.05, 4.69) is 15.6 Å². The van der Waals surface area contributed by atoms with Gasteiger partial charge in [0.2, 0.25) is 11.8 Å². The lowest BCUT2D eigenvalue weighted by atomic mass is 10.0. The van der Waals surface area contributed by atoms with E-state index in [1.807, 2.05) is 30.3 Å². The van der Waals surface area contributed by atoms with Crippen LogP contribution in [0.4, 0.5) is 5.82 Å². The summed E-state index contributed by atoms with van der Waals surface area (Å²) in [5.74, 6) is 0.294. The summed E-state index contributed by atoms with van der Waals surface area (Å²) in [5.41, 5.74) is 1.89. The highest BCUT2D eigenvalue weighted by molar-refractivity contribution is 6.30. The molecule has 1 aromatic carbocycles. The molecule has 0 saturated carbocycles. The largest absolute Gasteiger partial charge is 0.358 e. The molecular formula is C19H21ClN4O2. The average Bonchev–Trinajstić information content (AvgIpc) is 3.04. The molecule has 0 saturated heterocycles. The Morgan fingerprint density at radius 1 is 1.35 bits per heavy atom. The molecule has 6 nitrogen and oxygen atoms in total. The number of rotatable bonds is 5. The summed E-state index contributed by atoms with van der Waals surface area (Å²) in [6.07, 6.45) is 2.47. The zero-order chi connectivity index (χ0) is 18.7. The molecule has 0 bridgehead atoms. The van der Waals surface area contributed by atoms with Crippen LogP contribution < -0.4 is 10.6 Å². The van der Waals surface area contributed by atoms with Crippen molar-refractivity contribution in [1.82, 2.24) is 15.2 Å². The normalized spacial score (nSPS) is 16.3. The third-order valence-electron chi connectivity index (χ3n) is 4.32. The summed E-state index contributed by atoms with van der Waals surface area (Å²) < 4.78 is 0. The van der Waals surface area contributed by atoms with Crippen molar-refractivity contribution < 1.29 is 9.59 Å². The van der Waals surface area contributed by atoms with E-state index in [9.17, 15) is 9.59 Å². The molecule has 1 aromatic heterocycles. The van der Waals surface area contributed by atoms with E-state index in [0.717, 1.165) is 11.1 Å². The maximum Gasteiger partial charge on any atom is 0.244 e. The number of carbonyl (C=O) groups is 2. The summed E-state index contributed by atoms with van der Waals surface area (Å²) in [6, 6.07) is 10.3. The minimum atomic E-state index is -0.623. The Bertz CT molecular complexity index is 810. The molecule has 26 heavy (non-hydrogen) atoms. The van der Waals surface area contributed by atoms with Gasteiger partial charge in [-0.3, -0.25) is 9.59 Å². The standard InChI is InChI=1S/C19H21ClN4O2/c1-24(2)19(26)16(8-12-6-4-3-5-7-12)23-18(25)15-10-13-9-14(20)11-21-17(13)22-15/h3-7,9,11,15-16H,8,10H2,1-2H3,(H,21,22)(H,23,25)/t15?,16-/m0/s1. The molecule has 0 radical (unpaired) electrons. The fraction of sp³-hybridized carbons (Fsp3) is 0.316. The zero-order valence-corrected chi connectivity index (χ0v) is 15.5. The minimum Gasteiger partial charge on any atom is -0.358 e. The van der Waals surface area contributed by atoms with Crippen LogP contribution in [0, 0.1) is 0 Å². The number of amides is 2. The van der Waals surface area contributed by atoms with Gasteiger partial charge in [0.05, 0.1) is 5.02 Å². The van der Waals surface area contributed by atoms with Crippen molar-refractivity contribution in [3.8, 4) is 0 Å². The molecular weight excluding hydrogens is 352 g/mol. The number of likely N-dealkylation sites (N-methyl/N-ethyl adjacent to an activating group) is 1. The number of nitrogens with one attached hydrogen (secondary N) is 2. The molecule has 0 aliphatic carbocycles. The summed E-state index contributed by atoms with van der Waals surface area (Å²) >= 11 is 5.96. The highest BCUT2D eigenvalue weighted by atomic mass is 35.5. The highest BCUT2D eigenvalue weighted by Crippen LogP contribution is 2.26. The number of anilines is 1. The maximum absolute atomic E-state index is 12.7. The van der Waals surface area contributed by atoms with Crippen molar-refractivity contribution in [3.05, 3.63) is 58.7 Å².